The van der Waals surface area contributed by atoms with E-state index in [1.165, 1.54) is 11.3 Å². The summed E-state index contributed by atoms with van der Waals surface area (Å²) in [6, 6.07) is 0.631. The Morgan fingerprint density at radius 1 is 1.46 bits per heavy atom. The summed E-state index contributed by atoms with van der Waals surface area (Å²) in [6.07, 6.45) is 1.03. The molecular weight excluding hydrogens is 328 g/mol. The van der Waals surface area contributed by atoms with Crippen molar-refractivity contribution >= 4 is 28.9 Å². The lowest BCUT2D eigenvalue weighted by Crippen LogP contribution is -2.52. The molecule has 130 valence electrons. The van der Waals surface area contributed by atoms with E-state index in [4.69, 9.17) is 4.74 Å². The van der Waals surface area contributed by atoms with Gasteiger partial charge in [-0.05, 0) is 30.2 Å². The highest BCUT2D eigenvalue weighted by atomic mass is 32.1. The minimum Gasteiger partial charge on any atom is -0.368 e. The van der Waals surface area contributed by atoms with E-state index >= 15 is 0 Å². The zero-order chi connectivity index (χ0) is 17.3. The second-order valence-corrected chi connectivity index (χ2v) is 7.53. The number of carbonyl (C=O) groups excluding carboxylic acids is 3. The molecule has 1 aromatic heterocycles. The minimum atomic E-state index is -0.621. The van der Waals surface area contributed by atoms with Gasteiger partial charge in [0.25, 0.3) is 5.91 Å². The maximum absolute atomic E-state index is 13.0. The second kappa shape index (κ2) is 7.03. The predicted octanol–water partition coefficient (Wildman–Crippen LogP) is 1.46. The van der Waals surface area contributed by atoms with Gasteiger partial charge in [0, 0.05) is 11.9 Å². The molecule has 7 heteroatoms. The zero-order valence-electron chi connectivity index (χ0n) is 13.9. The lowest BCUT2D eigenvalue weighted by Gasteiger charge is -2.28. The van der Waals surface area contributed by atoms with Gasteiger partial charge in [-0.3, -0.25) is 14.4 Å². The smallest absolute Gasteiger partial charge is 0.252 e. The van der Waals surface area contributed by atoms with Crippen LogP contribution in [-0.4, -0.2) is 53.8 Å². The van der Waals surface area contributed by atoms with Gasteiger partial charge in [0.15, 0.2) is 5.78 Å². The van der Waals surface area contributed by atoms with Crippen LogP contribution in [0.3, 0.4) is 0 Å². The van der Waals surface area contributed by atoms with Gasteiger partial charge >= 0.3 is 0 Å². The van der Waals surface area contributed by atoms with E-state index < -0.39 is 12.1 Å². The first-order chi connectivity index (χ1) is 11.5. The third kappa shape index (κ3) is 3.37. The number of amides is 2. The topological polar surface area (TPSA) is 75.7 Å². The van der Waals surface area contributed by atoms with Crippen LogP contribution in [0.15, 0.2) is 16.8 Å². The summed E-state index contributed by atoms with van der Waals surface area (Å²) < 4.78 is 5.44. The quantitative estimate of drug-likeness (QED) is 0.872. The van der Waals surface area contributed by atoms with E-state index in [0.29, 0.717) is 24.9 Å². The highest BCUT2D eigenvalue weighted by molar-refractivity contribution is 7.08. The van der Waals surface area contributed by atoms with Gasteiger partial charge in [0.05, 0.1) is 11.7 Å². The Bertz CT molecular complexity index is 629. The number of likely N-dealkylation sites (tertiary alicyclic amines) is 1. The summed E-state index contributed by atoms with van der Waals surface area (Å²) >= 11 is 1.44. The van der Waals surface area contributed by atoms with Gasteiger partial charge in [-0.15, -0.1) is 0 Å². The molecular formula is C17H22N2O4S. The van der Waals surface area contributed by atoms with Crippen molar-refractivity contribution in [1.82, 2.24) is 10.2 Å². The lowest BCUT2D eigenvalue weighted by molar-refractivity contribution is -0.138. The summed E-state index contributed by atoms with van der Waals surface area (Å²) in [7, 11) is 0. The molecule has 0 bridgehead atoms. The highest BCUT2D eigenvalue weighted by Crippen LogP contribution is 2.28. The molecule has 3 rings (SSSR count). The van der Waals surface area contributed by atoms with Gasteiger partial charge < -0.3 is 15.0 Å². The molecule has 2 amide bonds. The molecule has 1 N–H and O–H groups in total. The van der Waals surface area contributed by atoms with Crippen molar-refractivity contribution in [1.29, 1.82) is 0 Å². The number of carbonyl (C=O) groups is 3. The maximum Gasteiger partial charge on any atom is 0.252 e. The number of ketones is 1. The molecule has 2 fully saturated rings. The Kier molecular flexibility index (Phi) is 5.01. The van der Waals surface area contributed by atoms with Gasteiger partial charge in [0.1, 0.15) is 18.7 Å². The first kappa shape index (κ1) is 17.1. The maximum atomic E-state index is 13.0. The summed E-state index contributed by atoms with van der Waals surface area (Å²) in [6.45, 7) is 4.60. The molecule has 1 aromatic rings. The second-order valence-electron chi connectivity index (χ2n) is 6.75. The molecule has 2 saturated heterocycles. The Balaban J connectivity index is 1.74. The van der Waals surface area contributed by atoms with Crippen molar-refractivity contribution in [3.63, 3.8) is 0 Å². The number of fused-ring (bicyclic) bond motifs is 1. The van der Waals surface area contributed by atoms with Crippen LogP contribution in [0.5, 0.6) is 0 Å². The third-order valence-corrected chi connectivity index (χ3v) is 5.17. The van der Waals surface area contributed by atoms with Crippen LogP contribution in [-0.2, 0) is 14.3 Å². The molecule has 0 radical (unpaired) electrons. The average molecular weight is 350 g/mol. The van der Waals surface area contributed by atoms with Crippen molar-refractivity contribution in [3.8, 4) is 0 Å². The Labute approximate surface area is 145 Å². The standard InChI is InChI=1S/C17H22N2O4S/c1-10(2)7-12(18-16(21)11-4-6-24-9-11)17(22)19-5-3-14-15(19)13(20)8-23-14/h4,6,9-10,12,14-15H,3,5,7-8H2,1-2H3,(H,18,21)/t12-,14+,15+/m0/s1. The van der Waals surface area contributed by atoms with Crippen molar-refractivity contribution in [2.75, 3.05) is 13.2 Å². The monoisotopic (exact) mass is 350 g/mol. The molecule has 0 aromatic carbocycles. The molecule has 2 aliphatic heterocycles. The first-order valence-corrected chi connectivity index (χ1v) is 9.19. The van der Waals surface area contributed by atoms with Gasteiger partial charge in [-0.25, -0.2) is 0 Å². The highest BCUT2D eigenvalue weighted by Gasteiger charge is 2.48. The average Bonchev–Trinajstić information content (AvgIpc) is 3.24. The van der Waals surface area contributed by atoms with E-state index in [1.807, 2.05) is 19.2 Å². The molecule has 6 nitrogen and oxygen atoms in total. The Morgan fingerprint density at radius 3 is 2.92 bits per heavy atom. The molecule has 3 atom stereocenters. The van der Waals surface area contributed by atoms with Gasteiger partial charge in [-0.1, -0.05) is 13.8 Å². The molecule has 0 aliphatic carbocycles. The summed E-state index contributed by atoms with van der Waals surface area (Å²) in [5, 5.41) is 6.43. The lowest BCUT2D eigenvalue weighted by atomic mass is 10.0. The van der Waals surface area contributed by atoms with Crippen molar-refractivity contribution in [2.24, 2.45) is 5.92 Å². The van der Waals surface area contributed by atoms with Gasteiger partial charge in [0.2, 0.25) is 5.91 Å². The Morgan fingerprint density at radius 2 is 2.25 bits per heavy atom. The molecule has 0 saturated carbocycles. The van der Waals surface area contributed by atoms with E-state index in [9.17, 15) is 14.4 Å². The van der Waals surface area contributed by atoms with E-state index in [2.05, 4.69) is 5.32 Å². The van der Waals surface area contributed by atoms with Crippen LogP contribution in [0, 0.1) is 5.92 Å². The van der Waals surface area contributed by atoms with Gasteiger partial charge in [-0.2, -0.15) is 11.3 Å². The summed E-state index contributed by atoms with van der Waals surface area (Å²) in [4.78, 5) is 38.9. The van der Waals surface area contributed by atoms with E-state index in [0.717, 1.165) is 0 Å². The van der Waals surface area contributed by atoms with Crippen molar-refractivity contribution in [3.05, 3.63) is 22.4 Å². The molecule has 3 heterocycles. The number of Topliss-reactive ketones (excluding diaryl/α,β-unsaturated/α-hetero) is 1. The third-order valence-electron chi connectivity index (χ3n) is 4.49. The fraction of sp³-hybridized carbons (Fsp3) is 0.588. The van der Waals surface area contributed by atoms with Crippen LogP contribution in [0.2, 0.25) is 0 Å². The summed E-state index contributed by atoms with van der Waals surface area (Å²) in [5.41, 5.74) is 0.557. The SMILES string of the molecule is CC(C)C[C@H](NC(=O)c1ccsc1)C(=O)N1CC[C@H]2OCC(=O)[C@H]21. The first-order valence-electron chi connectivity index (χ1n) is 8.25. The number of rotatable bonds is 5. The van der Waals surface area contributed by atoms with E-state index in [1.54, 1.807) is 16.3 Å². The largest absolute Gasteiger partial charge is 0.368 e. The molecule has 2 aliphatic rings. The molecule has 0 spiro atoms. The fourth-order valence-corrected chi connectivity index (χ4v) is 4.01. The van der Waals surface area contributed by atoms with E-state index in [-0.39, 0.29) is 36.2 Å². The Hall–Kier alpha value is -1.73. The minimum absolute atomic E-state index is 0.0432. The fourth-order valence-electron chi connectivity index (χ4n) is 3.37. The molecule has 24 heavy (non-hydrogen) atoms. The van der Waals surface area contributed by atoms with Crippen LogP contribution in [0.25, 0.3) is 0 Å². The van der Waals surface area contributed by atoms with Crippen LogP contribution < -0.4 is 5.32 Å². The molecule has 0 unspecified atom stereocenters. The normalized spacial score (nSPS) is 24.3. The van der Waals surface area contributed by atoms with Crippen LogP contribution in [0.4, 0.5) is 0 Å². The summed E-state index contributed by atoms with van der Waals surface area (Å²) in [5.74, 6) is -0.229. The number of hydrogen-bond donors (Lipinski definition) is 1. The number of nitrogens with one attached hydrogen (secondary N) is 1. The van der Waals surface area contributed by atoms with Crippen LogP contribution in [0.1, 0.15) is 37.0 Å². The predicted molar refractivity (Wildman–Crippen MR) is 89.9 cm³/mol. The van der Waals surface area contributed by atoms with Crippen LogP contribution >= 0.6 is 11.3 Å². The zero-order valence-corrected chi connectivity index (χ0v) is 14.7. The number of hydrogen-bond acceptors (Lipinski definition) is 5. The number of ether oxygens (including phenoxy) is 1. The van der Waals surface area contributed by atoms with Crippen molar-refractivity contribution in [2.45, 2.75) is 44.9 Å². The van der Waals surface area contributed by atoms with Crippen molar-refractivity contribution < 1.29 is 19.1 Å². The number of thiophene rings is 1. The number of nitrogens with zero attached hydrogens (tertiary/aromatic N) is 1.